The highest BCUT2D eigenvalue weighted by Gasteiger charge is 2.32. The number of hydrogen-bond acceptors (Lipinski definition) is 3. The number of aliphatic hydroxyl groups is 1. The molecule has 2 rings (SSSR count). The van der Waals surface area contributed by atoms with Crippen molar-refractivity contribution in [3.8, 4) is 5.75 Å². The Morgan fingerprint density at radius 3 is 2.88 bits per heavy atom. The quantitative estimate of drug-likeness (QED) is 0.759. The maximum atomic E-state index is 13.3. The van der Waals surface area contributed by atoms with E-state index in [1.807, 2.05) is 0 Å². The van der Waals surface area contributed by atoms with Crippen LogP contribution in [0.3, 0.4) is 0 Å². The first-order valence-corrected chi connectivity index (χ1v) is 4.86. The molecule has 5 heteroatoms. The van der Waals surface area contributed by atoms with Gasteiger partial charge >= 0.3 is 5.97 Å². The van der Waals surface area contributed by atoms with Gasteiger partial charge in [0.2, 0.25) is 0 Å². The second kappa shape index (κ2) is 3.75. The number of halogens is 1. The van der Waals surface area contributed by atoms with E-state index in [0.29, 0.717) is 11.1 Å². The number of benzene rings is 1. The number of ether oxygens (including phenoxy) is 1. The van der Waals surface area contributed by atoms with Gasteiger partial charge in [0.1, 0.15) is 11.6 Å². The SMILES string of the molecule is Cc1cc2c(cc1F)[C@@H](O)C[C@@H](C(=O)O)O2. The van der Waals surface area contributed by atoms with Gasteiger partial charge in [-0.1, -0.05) is 0 Å². The summed E-state index contributed by atoms with van der Waals surface area (Å²) in [6.45, 7) is 1.55. The highest BCUT2D eigenvalue weighted by molar-refractivity contribution is 5.73. The Bertz CT molecular complexity index is 444. The van der Waals surface area contributed by atoms with Gasteiger partial charge in [-0.2, -0.15) is 0 Å². The Hall–Kier alpha value is -1.62. The minimum Gasteiger partial charge on any atom is -0.479 e. The molecule has 4 nitrogen and oxygen atoms in total. The molecule has 0 aromatic heterocycles. The number of aryl methyl sites for hydroxylation is 1. The summed E-state index contributed by atoms with van der Waals surface area (Å²) < 4.78 is 18.4. The number of aliphatic carboxylic acids is 1. The lowest BCUT2D eigenvalue weighted by molar-refractivity contribution is -0.147. The summed E-state index contributed by atoms with van der Waals surface area (Å²) in [7, 11) is 0. The van der Waals surface area contributed by atoms with Gasteiger partial charge in [0, 0.05) is 12.0 Å². The zero-order valence-electron chi connectivity index (χ0n) is 8.61. The maximum absolute atomic E-state index is 13.3. The maximum Gasteiger partial charge on any atom is 0.345 e. The molecule has 1 heterocycles. The molecule has 0 saturated carbocycles. The number of hydrogen-bond donors (Lipinski definition) is 2. The summed E-state index contributed by atoms with van der Waals surface area (Å²) >= 11 is 0. The van der Waals surface area contributed by atoms with Gasteiger partial charge in [0.15, 0.2) is 6.10 Å². The second-order valence-electron chi connectivity index (χ2n) is 3.84. The lowest BCUT2D eigenvalue weighted by Gasteiger charge is -2.27. The molecular weight excluding hydrogens is 215 g/mol. The molecule has 2 N–H and O–H groups in total. The molecule has 0 amide bonds. The van der Waals surface area contributed by atoms with Gasteiger partial charge < -0.3 is 14.9 Å². The standard InChI is InChI=1S/C11H11FO4/c1-5-2-9-6(3-7(5)12)8(13)4-10(16-9)11(14)15/h2-3,8,10,13H,4H2,1H3,(H,14,15)/t8-,10-/m0/s1. The topological polar surface area (TPSA) is 66.8 Å². The predicted molar refractivity (Wildman–Crippen MR) is 52.8 cm³/mol. The van der Waals surface area contributed by atoms with Crippen molar-refractivity contribution in [3.63, 3.8) is 0 Å². The van der Waals surface area contributed by atoms with Crippen molar-refractivity contribution >= 4 is 5.97 Å². The van der Waals surface area contributed by atoms with Crippen molar-refractivity contribution in [2.24, 2.45) is 0 Å². The average Bonchev–Trinajstić information content (AvgIpc) is 2.20. The fraction of sp³-hybridized carbons (Fsp3) is 0.364. The van der Waals surface area contributed by atoms with E-state index in [9.17, 15) is 14.3 Å². The Morgan fingerprint density at radius 1 is 1.56 bits per heavy atom. The highest BCUT2D eigenvalue weighted by atomic mass is 19.1. The third-order valence-corrected chi connectivity index (χ3v) is 2.63. The van der Waals surface area contributed by atoms with Gasteiger partial charge in [-0.3, -0.25) is 0 Å². The fourth-order valence-electron chi connectivity index (χ4n) is 1.72. The molecule has 86 valence electrons. The van der Waals surface area contributed by atoms with Crippen LogP contribution in [0, 0.1) is 12.7 Å². The van der Waals surface area contributed by atoms with Crippen LogP contribution in [0.2, 0.25) is 0 Å². The molecular formula is C11H11FO4. The van der Waals surface area contributed by atoms with Crippen LogP contribution < -0.4 is 4.74 Å². The summed E-state index contributed by atoms with van der Waals surface area (Å²) in [6.07, 6.45) is -2.14. The van der Waals surface area contributed by atoms with Gasteiger partial charge in [-0.05, 0) is 24.6 Å². The van der Waals surface area contributed by atoms with E-state index < -0.39 is 24.0 Å². The molecule has 2 atom stereocenters. The molecule has 0 bridgehead atoms. The van der Waals surface area contributed by atoms with Crippen LogP contribution >= 0.6 is 0 Å². The number of carbonyl (C=O) groups is 1. The number of carboxylic acids is 1. The first-order valence-electron chi connectivity index (χ1n) is 4.86. The number of aliphatic hydroxyl groups excluding tert-OH is 1. The van der Waals surface area contributed by atoms with Gasteiger partial charge in [0.25, 0.3) is 0 Å². The molecule has 0 fully saturated rings. The smallest absolute Gasteiger partial charge is 0.345 e. The van der Waals surface area contributed by atoms with E-state index in [-0.39, 0.29) is 12.2 Å². The number of carboxylic acid groups (broad SMARTS) is 1. The first kappa shape index (κ1) is 10.9. The zero-order chi connectivity index (χ0) is 11.9. The third-order valence-electron chi connectivity index (χ3n) is 2.63. The zero-order valence-corrected chi connectivity index (χ0v) is 8.61. The Labute approximate surface area is 91.3 Å². The van der Waals surface area contributed by atoms with Crippen molar-refractivity contribution in [2.75, 3.05) is 0 Å². The van der Waals surface area contributed by atoms with Crippen LogP contribution in [0.25, 0.3) is 0 Å². The predicted octanol–water partition coefficient (Wildman–Crippen LogP) is 1.40. The van der Waals surface area contributed by atoms with Crippen molar-refractivity contribution in [2.45, 2.75) is 25.6 Å². The normalized spacial score (nSPS) is 23.4. The van der Waals surface area contributed by atoms with Crippen LogP contribution in [-0.2, 0) is 4.79 Å². The molecule has 1 aliphatic heterocycles. The van der Waals surface area contributed by atoms with E-state index in [2.05, 4.69) is 0 Å². The Morgan fingerprint density at radius 2 is 2.25 bits per heavy atom. The first-order chi connectivity index (χ1) is 7.49. The van der Waals surface area contributed by atoms with Gasteiger partial charge in [0.05, 0.1) is 6.10 Å². The van der Waals surface area contributed by atoms with Crippen molar-refractivity contribution in [1.29, 1.82) is 0 Å². The molecule has 16 heavy (non-hydrogen) atoms. The third kappa shape index (κ3) is 1.74. The van der Waals surface area contributed by atoms with Crippen LogP contribution in [0.4, 0.5) is 4.39 Å². The summed E-state index contributed by atoms with van der Waals surface area (Å²) in [6, 6.07) is 2.59. The number of rotatable bonds is 1. The lowest BCUT2D eigenvalue weighted by Crippen LogP contribution is -2.33. The number of fused-ring (bicyclic) bond motifs is 1. The lowest BCUT2D eigenvalue weighted by atomic mass is 9.97. The molecule has 0 radical (unpaired) electrons. The molecule has 1 aromatic carbocycles. The Kier molecular flexibility index (Phi) is 2.55. The Balaban J connectivity index is 2.42. The monoisotopic (exact) mass is 226 g/mol. The highest BCUT2D eigenvalue weighted by Crippen LogP contribution is 2.36. The van der Waals surface area contributed by atoms with E-state index >= 15 is 0 Å². The molecule has 0 saturated heterocycles. The second-order valence-corrected chi connectivity index (χ2v) is 3.84. The van der Waals surface area contributed by atoms with E-state index in [4.69, 9.17) is 9.84 Å². The fourth-order valence-corrected chi connectivity index (χ4v) is 1.72. The van der Waals surface area contributed by atoms with E-state index in [0.717, 1.165) is 0 Å². The average molecular weight is 226 g/mol. The van der Waals surface area contributed by atoms with E-state index in [1.165, 1.54) is 12.1 Å². The van der Waals surface area contributed by atoms with Crippen LogP contribution in [-0.4, -0.2) is 22.3 Å². The minimum absolute atomic E-state index is 0.0646. The van der Waals surface area contributed by atoms with Crippen LogP contribution in [0.5, 0.6) is 5.75 Å². The molecule has 0 aliphatic carbocycles. The molecule has 1 aromatic rings. The largest absolute Gasteiger partial charge is 0.479 e. The summed E-state index contributed by atoms with van der Waals surface area (Å²) in [5, 5.41) is 18.5. The minimum atomic E-state index is -1.13. The van der Waals surface area contributed by atoms with Crippen molar-refractivity contribution in [1.82, 2.24) is 0 Å². The summed E-state index contributed by atoms with van der Waals surface area (Å²) in [5.41, 5.74) is 0.664. The van der Waals surface area contributed by atoms with Gasteiger partial charge in [-0.15, -0.1) is 0 Å². The van der Waals surface area contributed by atoms with Crippen molar-refractivity contribution < 1.29 is 24.1 Å². The van der Waals surface area contributed by atoms with Crippen LogP contribution in [0.15, 0.2) is 12.1 Å². The summed E-state index contributed by atoms with van der Waals surface area (Å²) in [4.78, 5) is 10.8. The molecule has 1 aliphatic rings. The van der Waals surface area contributed by atoms with Gasteiger partial charge in [-0.25, -0.2) is 9.18 Å². The van der Waals surface area contributed by atoms with E-state index in [1.54, 1.807) is 6.92 Å². The van der Waals surface area contributed by atoms with Crippen LogP contribution in [0.1, 0.15) is 23.7 Å². The molecule has 0 spiro atoms. The molecule has 0 unspecified atom stereocenters. The van der Waals surface area contributed by atoms with Crippen molar-refractivity contribution in [3.05, 3.63) is 29.1 Å². The summed E-state index contributed by atoms with van der Waals surface area (Å²) in [5.74, 6) is -1.33.